The summed E-state index contributed by atoms with van der Waals surface area (Å²) in [6, 6.07) is 11.6. The molecule has 0 saturated carbocycles. The number of nitrogens with zero attached hydrogens (tertiary/aromatic N) is 3. The van der Waals surface area contributed by atoms with Crippen LogP contribution in [0.4, 0.5) is 5.13 Å². The summed E-state index contributed by atoms with van der Waals surface area (Å²) >= 11 is 0.974. The molecule has 1 aromatic heterocycles. The number of rotatable bonds is 5. The minimum atomic E-state index is -3.83. The summed E-state index contributed by atoms with van der Waals surface area (Å²) in [7, 11) is -3.83. The molecule has 148 valence electrons. The standard InChI is InChI=1S/C19H16N4O4S2/c1-11-7-8-15(12(2)9-11)29(26,27)22-19-21-20-16(28-19)10-23-17(24)13-5-3-4-6-14(13)18(23)25/h3-9H,10H2,1-2H3,(H,21,22). The van der Waals surface area contributed by atoms with Gasteiger partial charge in [0.25, 0.3) is 21.8 Å². The number of sulfonamides is 1. The first-order valence-electron chi connectivity index (χ1n) is 8.64. The number of fused-ring (bicyclic) bond motifs is 1. The second-order valence-corrected chi connectivity index (χ2v) is 9.33. The zero-order valence-electron chi connectivity index (χ0n) is 15.5. The highest BCUT2D eigenvalue weighted by Crippen LogP contribution is 2.27. The summed E-state index contributed by atoms with van der Waals surface area (Å²) in [6.45, 7) is 3.53. The molecule has 0 bridgehead atoms. The maximum Gasteiger partial charge on any atom is 0.263 e. The molecule has 10 heteroatoms. The fourth-order valence-electron chi connectivity index (χ4n) is 3.15. The minimum Gasteiger partial charge on any atom is -0.269 e. The van der Waals surface area contributed by atoms with Gasteiger partial charge in [-0.3, -0.25) is 19.2 Å². The Morgan fingerprint density at radius 1 is 1.00 bits per heavy atom. The van der Waals surface area contributed by atoms with E-state index in [-0.39, 0.29) is 16.6 Å². The van der Waals surface area contributed by atoms with Crippen molar-refractivity contribution < 1.29 is 18.0 Å². The molecule has 0 unspecified atom stereocenters. The molecule has 0 aliphatic carbocycles. The number of nitrogens with one attached hydrogen (secondary N) is 1. The number of carbonyl (C=O) groups excluding carboxylic acids is 2. The van der Waals surface area contributed by atoms with Crippen LogP contribution in [0.15, 0.2) is 47.4 Å². The van der Waals surface area contributed by atoms with Crippen molar-refractivity contribution in [3.05, 3.63) is 69.7 Å². The molecular formula is C19H16N4O4S2. The highest BCUT2D eigenvalue weighted by atomic mass is 32.2. The van der Waals surface area contributed by atoms with Crippen LogP contribution >= 0.6 is 11.3 Å². The van der Waals surface area contributed by atoms with Crippen LogP contribution in [0, 0.1) is 13.8 Å². The van der Waals surface area contributed by atoms with Gasteiger partial charge in [-0.2, -0.15) is 0 Å². The molecule has 8 nitrogen and oxygen atoms in total. The van der Waals surface area contributed by atoms with E-state index in [0.717, 1.165) is 21.8 Å². The Bertz CT molecular complexity index is 1220. The van der Waals surface area contributed by atoms with Gasteiger partial charge in [0.2, 0.25) is 5.13 Å². The van der Waals surface area contributed by atoms with E-state index < -0.39 is 21.8 Å². The quantitative estimate of drug-likeness (QED) is 0.626. The second kappa shape index (κ2) is 7.05. The third kappa shape index (κ3) is 3.52. The van der Waals surface area contributed by atoms with E-state index in [4.69, 9.17) is 0 Å². The van der Waals surface area contributed by atoms with E-state index in [1.807, 2.05) is 6.92 Å². The third-order valence-electron chi connectivity index (χ3n) is 4.48. The van der Waals surface area contributed by atoms with E-state index in [1.54, 1.807) is 43.3 Å². The molecule has 3 aromatic rings. The van der Waals surface area contributed by atoms with E-state index in [9.17, 15) is 18.0 Å². The highest BCUT2D eigenvalue weighted by Gasteiger charge is 2.35. The Morgan fingerprint density at radius 3 is 2.28 bits per heavy atom. The van der Waals surface area contributed by atoms with Gasteiger partial charge in [-0.15, -0.1) is 10.2 Å². The number of aryl methyl sites for hydroxylation is 2. The van der Waals surface area contributed by atoms with Crippen molar-refractivity contribution in [2.45, 2.75) is 25.3 Å². The lowest BCUT2D eigenvalue weighted by Gasteiger charge is -2.10. The number of imide groups is 1. The number of benzene rings is 2. The lowest BCUT2D eigenvalue weighted by Crippen LogP contribution is -2.29. The molecule has 2 heterocycles. The first-order valence-corrected chi connectivity index (χ1v) is 10.9. The van der Waals surface area contributed by atoms with Gasteiger partial charge in [-0.05, 0) is 37.6 Å². The SMILES string of the molecule is Cc1ccc(S(=O)(=O)Nc2nnc(CN3C(=O)c4ccccc4C3=O)s2)c(C)c1. The van der Waals surface area contributed by atoms with E-state index in [2.05, 4.69) is 14.9 Å². The van der Waals surface area contributed by atoms with Crippen molar-refractivity contribution >= 4 is 38.3 Å². The van der Waals surface area contributed by atoms with Gasteiger partial charge in [0.15, 0.2) is 0 Å². The van der Waals surface area contributed by atoms with Gasteiger partial charge in [-0.1, -0.05) is 41.2 Å². The Labute approximate surface area is 171 Å². The van der Waals surface area contributed by atoms with Crippen LogP contribution in [-0.2, 0) is 16.6 Å². The van der Waals surface area contributed by atoms with Crippen molar-refractivity contribution in [2.75, 3.05) is 4.72 Å². The molecular weight excluding hydrogens is 412 g/mol. The maximum atomic E-state index is 12.6. The average Bonchev–Trinajstić information content (AvgIpc) is 3.19. The van der Waals surface area contributed by atoms with Crippen molar-refractivity contribution in [1.82, 2.24) is 15.1 Å². The van der Waals surface area contributed by atoms with Crippen molar-refractivity contribution in [2.24, 2.45) is 0 Å². The topological polar surface area (TPSA) is 109 Å². The van der Waals surface area contributed by atoms with Gasteiger partial charge in [0.1, 0.15) is 5.01 Å². The fourth-order valence-corrected chi connectivity index (χ4v) is 5.33. The Morgan fingerprint density at radius 2 is 1.66 bits per heavy atom. The van der Waals surface area contributed by atoms with E-state index in [0.29, 0.717) is 21.7 Å². The number of anilines is 1. The first kappa shape index (κ1) is 19.2. The molecule has 29 heavy (non-hydrogen) atoms. The third-order valence-corrected chi connectivity index (χ3v) is 6.93. The van der Waals surface area contributed by atoms with Gasteiger partial charge in [0, 0.05) is 0 Å². The summed E-state index contributed by atoms with van der Waals surface area (Å²) < 4.78 is 27.7. The summed E-state index contributed by atoms with van der Waals surface area (Å²) in [6.07, 6.45) is 0. The number of hydrogen-bond acceptors (Lipinski definition) is 7. The smallest absolute Gasteiger partial charge is 0.263 e. The van der Waals surface area contributed by atoms with Gasteiger partial charge in [0.05, 0.1) is 22.6 Å². The van der Waals surface area contributed by atoms with Gasteiger partial charge < -0.3 is 0 Å². The summed E-state index contributed by atoms with van der Waals surface area (Å²) in [5.41, 5.74) is 2.27. The lowest BCUT2D eigenvalue weighted by molar-refractivity contribution is 0.0642. The maximum absolute atomic E-state index is 12.6. The first-order chi connectivity index (χ1) is 13.8. The molecule has 0 fully saturated rings. The fraction of sp³-hybridized carbons (Fsp3) is 0.158. The number of amides is 2. The molecule has 0 spiro atoms. The van der Waals surface area contributed by atoms with Gasteiger partial charge in [-0.25, -0.2) is 8.42 Å². The molecule has 0 atom stereocenters. The molecule has 2 amide bonds. The van der Waals surface area contributed by atoms with E-state index >= 15 is 0 Å². The Hall–Kier alpha value is -3.11. The molecule has 2 aromatic carbocycles. The molecule has 0 saturated heterocycles. The molecule has 4 rings (SSSR count). The number of carbonyl (C=O) groups is 2. The van der Waals surface area contributed by atoms with Crippen LogP contribution in [0.2, 0.25) is 0 Å². The van der Waals surface area contributed by atoms with Crippen molar-refractivity contribution in [1.29, 1.82) is 0 Å². The predicted molar refractivity (Wildman–Crippen MR) is 107 cm³/mol. The van der Waals surface area contributed by atoms with Crippen LogP contribution < -0.4 is 4.72 Å². The van der Waals surface area contributed by atoms with E-state index in [1.165, 1.54) is 6.07 Å². The minimum absolute atomic E-state index is 0.0663. The van der Waals surface area contributed by atoms with Crippen LogP contribution in [0.5, 0.6) is 0 Å². The predicted octanol–water partition coefficient (Wildman–Crippen LogP) is 2.75. The van der Waals surface area contributed by atoms with Crippen LogP contribution in [-0.4, -0.2) is 35.3 Å². The van der Waals surface area contributed by atoms with Crippen LogP contribution in [0.3, 0.4) is 0 Å². The lowest BCUT2D eigenvalue weighted by atomic mass is 10.1. The van der Waals surface area contributed by atoms with Crippen molar-refractivity contribution in [3.63, 3.8) is 0 Å². The Balaban J connectivity index is 1.52. The highest BCUT2D eigenvalue weighted by molar-refractivity contribution is 7.93. The molecule has 0 radical (unpaired) electrons. The zero-order chi connectivity index (χ0) is 20.8. The number of aromatic nitrogens is 2. The van der Waals surface area contributed by atoms with Gasteiger partial charge >= 0.3 is 0 Å². The molecule has 1 aliphatic heterocycles. The monoisotopic (exact) mass is 428 g/mol. The molecule has 1 aliphatic rings. The zero-order valence-corrected chi connectivity index (χ0v) is 17.2. The molecule has 1 N–H and O–H groups in total. The van der Waals surface area contributed by atoms with Crippen molar-refractivity contribution in [3.8, 4) is 0 Å². The van der Waals surface area contributed by atoms with Crippen LogP contribution in [0.25, 0.3) is 0 Å². The summed E-state index contributed by atoms with van der Waals surface area (Å²) in [5, 5.41) is 8.18. The Kier molecular flexibility index (Phi) is 4.67. The summed E-state index contributed by atoms with van der Waals surface area (Å²) in [5.74, 6) is -0.809. The number of hydrogen-bond donors (Lipinski definition) is 1. The largest absolute Gasteiger partial charge is 0.269 e. The average molecular weight is 428 g/mol. The second-order valence-electron chi connectivity index (χ2n) is 6.62. The normalized spacial score (nSPS) is 13.7. The summed E-state index contributed by atoms with van der Waals surface area (Å²) in [4.78, 5) is 26.1. The van der Waals surface area contributed by atoms with Crippen LogP contribution in [0.1, 0.15) is 36.9 Å².